The number of benzene rings is 2. The number of hydrogen-bond donors (Lipinski definition) is 2. The van der Waals surface area contributed by atoms with Gasteiger partial charge in [0.2, 0.25) is 10.0 Å². The minimum atomic E-state index is -3.71. The molecule has 0 bridgehead atoms. The summed E-state index contributed by atoms with van der Waals surface area (Å²) < 4.78 is 46.5. The number of rotatable bonds is 11. The molecule has 2 N–H and O–H groups in total. The zero-order valence-corrected chi connectivity index (χ0v) is 20.1. The molecule has 0 aliphatic heterocycles. The molecule has 0 radical (unpaired) electrons. The lowest BCUT2D eigenvalue weighted by Gasteiger charge is -2.34. The second-order valence-corrected chi connectivity index (χ2v) is 9.99. The van der Waals surface area contributed by atoms with E-state index in [9.17, 15) is 22.7 Å². The summed E-state index contributed by atoms with van der Waals surface area (Å²) in [5.74, 6) is -0.873. The number of sulfonamides is 1. The summed E-state index contributed by atoms with van der Waals surface area (Å²) in [4.78, 5) is 14.4. The summed E-state index contributed by atoms with van der Waals surface area (Å²) in [6.07, 6.45) is -0.539. The number of carbonyl (C=O) groups is 1. The molecule has 0 saturated carbocycles. The monoisotopic (exact) mass is 481 g/mol. The summed E-state index contributed by atoms with van der Waals surface area (Å²) >= 11 is 0. The largest absolute Gasteiger partial charge is 0.394 e. The Kier molecular flexibility index (Phi) is 9.78. The van der Waals surface area contributed by atoms with Crippen molar-refractivity contribution < 1.29 is 27.4 Å². The molecular formula is C23H32FN3O5S. The second-order valence-electron chi connectivity index (χ2n) is 7.94. The van der Waals surface area contributed by atoms with E-state index in [4.69, 9.17) is 4.74 Å². The standard InChI is InChI=1S/C23H32FN3O5S/c1-17(22(32-4)15-26(3)33(30,31)19-10-6-5-7-11-19)14-27(18(2)16-28)23(29)25-21-13-9-8-12-20(21)24/h5-13,17-18,22,28H,14-16H2,1-4H3,(H,25,29)/t17-,18+,22-/m1/s1. The lowest BCUT2D eigenvalue weighted by Crippen LogP contribution is -2.49. The number of aliphatic hydroxyl groups is 1. The van der Waals surface area contributed by atoms with E-state index in [1.165, 1.54) is 53.7 Å². The molecule has 2 aromatic rings. The first kappa shape index (κ1) is 26.7. The first-order valence-corrected chi connectivity index (χ1v) is 12.0. The third kappa shape index (κ3) is 6.97. The van der Waals surface area contributed by atoms with Gasteiger partial charge in [0.15, 0.2) is 0 Å². The van der Waals surface area contributed by atoms with E-state index in [-0.39, 0.29) is 36.2 Å². The number of amides is 2. The van der Waals surface area contributed by atoms with Gasteiger partial charge in [0.25, 0.3) is 0 Å². The zero-order chi connectivity index (χ0) is 24.6. The van der Waals surface area contributed by atoms with E-state index in [1.807, 2.05) is 6.92 Å². The van der Waals surface area contributed by atoms with Crippen LogP contribution in [0.3, 0.4) is 0 Å². The Hall–Kier alpha value is -2.53. The number of anilines is 1. The smallest absolute Gasteiger partial charge is 0.322 e. The summed E-state index contributed by atoms with van der Waals surface area (Å²) in [7, 11) is -0.762. The fraction of sp³-hybridized carbons (Fsp3) is 0.435. The lowest BCUT2D eigenvalue weighted by atomic mass is 10.0. The van der Waals surface area contributed by atoms with Crippen molar-refractivity contribution in [3.05, 3.63) is 60.4 Å². The number of hydrogen-bond acceptors (Lipinski definition) is 5. The number of carbonyl (C=O) groups excluding carboxylic acids is 1. The van der Waals surface area contributed by atoms with Crippen LogP contribution in [0.15, 0.2) is 59.5 Å². The second kappa shape index (κ2) is 12.1. The SMILES string of the molecule is CO[C@H](CN(C)S(=O)(=O)c1ccccc1)[C@H](C)CN(C(=O)Nc1ccccc1F)[C@@H](C)CO. The van der Waals surface area contributed by atoms with Crippen LogP contribution in [0, 0.1) is 11.7 Å². The van der Waals surface area contributed by atoms with Gasteiger partial charge >= 0.3 is 6.03 Å². The molecular weight excluding hydrogens is 449 g/mol. The first-order chi connectivity index (χ1) is 15.6. The maximum atomic E-state index is 14.0. The van der Waals surface area contributed by atoms with E-state index in [0.717, 1.165) is 0 Å². The predicted octanol–water partition coefficient (Wildman–Crippen LogP) is 3.01. The van der Waals surface area contributed by atoms with Crippen molar-refractivity contribution >= 4 is 21.7 Å². The Morgan fingerprint density at radius 3 is 2.27 bits per heavy atom. The first-order valence-electron chi connectivity index (χ1n) is 10.6. The molecule has 0 spiro atoms. The van der Waals surface area contributed by atoms with Gasteiger partial charge in [-0.25, -0.2) is 17.6 Å². The van der Waals surface area contributed by atoms with Crippen LogP contribution in [0.2, 0.25) is 0 Å². The fourth-order valence-electron chi connectivity index (χ4n) is 3.35. The van der Waals surface area contributed by atoms with E-state index in [1.54, 1.807) is 31.2 Å². The van der Waals surface area contributed by atoms with E-state index < -0.39 is 34.0 Å². The number of ether oxygens (including phenoxy) is 1. The highest BCUT2D eigenvalue weighted by Gasteiger charge is 2.30. The molecule has 3 atom stereocenters. The molecule has 8 nitrogen and oxygen atoms in total. The summed E-state index contributed by atoms with van der Waals surface area (Å²) in [5, 5.41) is 12.2. The van der Waals surface area contributed by atoms with Crippen LogP contribution in [-0.2, 0) is 14.8 Å². The van der Waals surface area contributed by atoms with Crippen molar-refractivity contribution in [3.63, 3.8) is 0 Å². The molecule has 0 fully saturated rings. The van der Waals surface area contributed by atoms with Crippen molar-refractivity contribution in [1.82, 2.24) is 9.21 Å². The third-order valence-electron chi connectivity index (χ3n) is 5.48. The Bertz CT molecular complexity index is 1010. The van der Waals surface area contributed by atoms with Gasteiger partial charge in [-0.3, -0.25) is 0 Å². The van der Waals surface area contributed by atoms with Gasteiger partial charge in [0, 0.05) is 33.2 Å². The molecule has 0 aliphatic carbocycles. The Labute approximate surface area is 195 Å². The van der Waals surface area contributed by atoms with Gasteiger partial charge < -0.3 is 20.1 Å². The normalized spacial score (nSPS) is 14.5. The minimum Gasteiger partial charge on any atom is -0.394 e. The Balaban J connectivity index is 2.13. The van der Waals surface area contributed by atoms with Crippen LogP contribution in [-0.4, -0.2) is 74.8 Å². The van der Waals surface area contributed by atoms with Crippen LogP contribution in [0.4, 0.5) is 14.9 Å². The molecule has 2 amide bonds. The van der Waals surface area contributed by atoms with Gasteiger partial charge in [-0.2, -0.15) is 4.31 Å². The number of aliphatic hydroxyl groups excluding tert-OH is 1. The summed E-state index contributed by atoms with van der Waals surface area (Å²) in [5.41, 5.74) is 0.0299. The summed E-state index contributed by atoms with van der Waals surface area (Å²) in [6, 6.07) is 12.8. The highest BCUT2D eigenvalue weighted by Crippen LogP contribution is 2.19. The summed E-state index contributed by atoms with van der Waals surface area (Å²) in [6.45, 7) is 3.41. The molecule has 33 heavy (non-hydrogen) atoms. The molecule has 10 heteroatoms. The number of likely N-dealkylation sites (N-methyl/N-ethyl adjacent to an activating group) is 1. The third-order valence-corrected chi connectivity index (χ3v) is 7.32. The Morgan fingerprint density at radius 1 is 1.09 bits per heavy atom. The molecule has 0 aliphatic rings. The van der Waals surface area contributed by atoms with Crippen molar-refractivity contribution in [1.29, 1.82) is 0 Å². The molecule has 0 aromatic heterocycles. The van der Waals surface area contributed by atoms with Crippen LogP contribution in [0.25, 0.3) is 0 Å². The Morgan fingerprint density at radius 2 is 1.70 bits per heavy atom. The molecule has 182 valence electrons. The maximum absolute atomic E-state index is 14.0. The predicted molar refractivity (Wildman–Crippen MR) is 125 cm³/mol. The van der Waals surface area contributed by atoms with Crippen LogP contribution in [0.1, 0.15) is 13.8 Å². The quantitative estimate of drug-likeness (QED) is 0.514. The number of methoxy groups -OCH3 is 1. The van der Waals surface area contributed by atoms with Gasteiger partial charge in [0.05, 0.1) is 29.3 Å². The topological polar surface area (TPSA) is 99.2 Å². The molecule has 0 heterocycles. The highest BCUT2D eigenvalue weighted by molar-refractivity contribution is 7.89. The lowest BCUT2D eigenvalue weighted by molar-refractivity contribution is 0.0305. The number of para-hydroxylation sites is 1. The van der Waals surface area contributed by atoms with Crippen molar-refractivity contribution in [2.45, 2.75) is 30.9 Å². The maximum Gasteiger partial charge on any atom is 0.322 e. The van der Waals surface area contributed by atoms with Gasteiger partial charge in [-0.15, -0.1) is 0 Å². The van der Waals surface area contributed by atoms with Gasteiger partial charge in [0.1, 0.15) is 5.82 Å². The van der Waals surface area contributed by atoms with Gasteiger partial charge in [-0.05, 0) is 31.2 Å². The van der Waals surface area contributed by atoms with E-state index >= 15 is 0 Å². The van der Waals surface area contributed by atoms with E-state index in [2.05, 4.69) is 5.32 Å². The molecule has 0 saturated heterocycles. The molecule has 2 aromatic carbocycles. The highest BCUT2D eigenvalue weighted by atomic mass is 32.2. The number of nitrogens with zero attached hydrogens (tertiary/aromatic N) is 2. The van der Waals surface area contributed by atoms with Crippen molar-refractivity contribution in [2.75, 3.05) is 39.2 Å². The minimum absolute atomic E-state index is 0.0299. The zero-order valence-electron chi connectivity index (χ0n) is 19.3. The van der Waals surface area contributed by atoms with Crippen LogP contribution in [0.5, 0.6) is 0 Å². The fourth-order valence-corrected chi connectivity index (χ4v) is 4.55. The van der Waals surface area contributed by atoms with Crippen LogP contribution >= 0.6 is 0 Å². The van der Waals surface area contributed by atoms with E-state index in [0.29, 0.717) is 0 Å². The van der Waals surface area contributed by atoms with Gasteiger partial charge in [-0.1, -0.05) is 37.3 Å². The number of halogens is 1. The van der Waals surface area contributed by atoms with Crippen LogP contribution < -0.4 is 5.32 Å². The number of nitrogens with one attached hydrogen (secondary N) is 1. The average molecular weight is 482 g/mol. The van der Waals surface area contributed by atoms with Crippen molar-refractivity contribution in [2.24, 2.45) is 5.92 Å². The number of urea groups is 1. The van der Waals surface area contributed by atoms with Crippen molar-refractivity contribution in [3.8, 4) is 0 Å². The average Bonchev–Trinajstić information content (AvgIpc) is 2.81. The molecule has 2 rings (SSSR count). The molecule has 0 unspecified atom stereocenters.